The zero-order chi connectivity index (χ0) is 18.2. The molecule has 1 amide bonds. The lowest BCUT2D eigenvalue weighted by Gasteiger charge is -2.08. The van der Waals surface area contributed by atoms with Crippen molar-refractivity contribution in [2.75, 3.05) is 13.7 Å². The second-order valence-electron chi connectivity index (χ2n) is 5.73. The Morgan fingerprint density at radius 1 is 1.20 bits per heavy atom. The highest BCUT2D eigenvalue weighted by Gasteiger charge is 2.04. The molecule has 0 aliphatic carbocycles. The van der Waals surface area contributed by atoms with E-state index in [4.69, 9.17) is 9.47 Å². The first-order valence-corrected chi connectivity index (χ1v) is 7.91. The number of nitrogens with one attached hydrogen (secondary N) is 1. The Bertz CT molecular complexity index is 740. The van der Waals surface area contributed by atoms with Gasteiger partial charge in [0, 0.05) is 5.56 Å². The van der Waals surface area contributed by atoms with Crippen molar-refractivity contribution in [2.45, 2.75) is 19.8 Å². The molecule has 0 atom stereocenters. The molecular formula is C19H22N2O4. The van der Waals surface area contributed by atoms with Crippen LogP contribution in [0.25, 0.3) is 0 Å². The Kier molecular flexibility index (Phi) is 6.39. The molecule has 6 heteroatoms. The maximum atomic E-state index is 11.8. The second kappa shape index (κ2) is 8.73. The number of phenols is 1. The van der Waals surface area contributed by atoms with Gasteiger partial charge >= 0.3 is 0 Å². The molecule has 0 heterocycles. The number of methoxy groups -OCH3 is 1. The smallest absolute Gasteiger partial charge is 0.277 e. The fourth-order valence-electron chi connectivity index (χ4n) is 2.07. The molecule has 2 rings (SSSR count). The largest absolute Gasteiger partial charge is 0.507 e. The van der Waals surface area contributed by atoms with Crippen molar-refractivity contribution in [2.24, 2.45) is 5.10 Å². The highest BCUT2D eigenvalue weighted by atomic mass is 16.5. The topological polar surface area (TPSA) is 80.2 Å². The molecule has 0 radical (unpaired) electrons. The second-order valence-corrected chi connectivity index (χ2v) is 5.73. The third kappa shape index (κ3) is 5.53. The van der Waals surface area contributed by atoms with E-state index in [1.54, 1.807) is 12.1 Å². The summed E-state index contributed by atoms with van der Waals surface area (Å²) in [7, 11) is 1.53. The van der Waals surface area contributed by atoms with E-state index in [-0.39, 0.29) is 12.4 Å². The average molecular weight is 342 g/mol. The third-order valence-corrected chi connectivity index (χ3v) is 3.54. The van der Waals surface area contributed by atoms with E-state index in [2.05, 4.69) is 24.4 Å². The van der Waals surface area contributed by atoms with E-state index < -0.39 is 5.91 Å². The Labute approximate surface area is 147 Å². The van der Waals surface area contributed by atoms with Gasteiger partial charge in [0.2, 0.25) is 0 Å². The van der Waals surface area contributed by atoms with Crippen molar-refractivity contribution >= 4 is 12.1 Å². The number of carbonyl (C=O) groups excluding carboxylic acids is 1. The van der Waals surface area contributed by atoms with Gasteiger partial charge in [-0.15, -0.1) is 0 Å². The predicted molar refractivity (Wildman–Crippen MR) is 96.4 cm³/mol. The van der Waals surface area contributed by atoms with Gasteiger partial charge in [-0.1, -0.05) is 26.0 Å². The first-order chi connectivity index (χ1) is 12.0. The van der Waals surface area contributed by atoms with E-state index in [1.165, 1.54) is 25.0 Å². The monoisotopic (exact) mass is 342 g/mol. The zero-order valence-corrected chi connectivity index (χ0v) is 14.5. The Hall–Kier alpha value is -3.02. The van der Waals surface area contributed by atoms with Gasteiger partial charge in [-0.25, -0.2) is 5.43 Å². The molecule has 2 aromatic rings. The summed E-state index contributed by atoms with van der Waals surface area (Å²) in [6.45, 7) is 4.07. The quantitative estimate of drug-likeness (QED) is 0.599. The first kappa shape index (κ1) is 18.3. The van der Waals surface area contributed by atoms with Crippen LogP contribution in [0.5, 0.6) is 17.2 Å². The molecule has 0 spiro atoms. The number of ether oxygens (including phenoxy) is 2. The summed E-state index contributed by atoms with van der Waals surface area (Å²) in [5.41, 5.74) is 3.99. The van der Waals surface area contributed by atoms with Gasteiger partial charge in [0.1, 0.15) is 17.2 Å². The van der Waals surface area contributed by atoms with E-state index in [1.807, 2.05) is 24.3 Å². The first-order valence-electron chi connectivity index (χ1n) is 7.91. The number of amides is 1. The molecule has 0 saturated carbocycles. The zero-order valence-electron chi connectivity index (χ0n) is 14.5. The van der Waals surface area contributed by atoms with Gasteiger partial charge in [-0.2, -0.15) is 5.10 Å². The number of phenolic OH excluding ortho intramolecular Hbond substituents is 1. The maximum Gasteiger partial charge on any atom is 0.277 e. The lowest BCUT2D eigenvalue weighted by molar-refractivity contribution is -0.123. The molecule has 2 N–H and O–H groups in total. The number of hydrogen-bond donors (Lipinski definition) is 2. The van der Waals surface area contributed by atoms with Crippen LogP contribution >= 0.6 is 0 Å². The molecule has 0 aromatic heterocycles. The molecule has 25 heavy (non-hydrogen) atoms. The van der Waals surface area contributed by atoms with Crippen LogP contribution < -0.4 is 14.9 Å². The van der Waals surface area contributed by atoms with Crippen LogP contribution in [-0.2, 0) is 4.79 Å². The van der Waals surface area contributed by atoms with Crippen LogP contribution in [-0.4, -0.2) is 30.9 Å². The number of hydrogen-bond acceptors (Lipinski definition) is 5. The minimum absolute atomic E-state index is 0.0419. The summed E-state index contributed by atoms with van der Waals surface area (Å²) in [6, 6.07) is 12.3. The highest BCUT2D eigenvalue weighted by molar-refractivity contribution is 5.85. The molecule has 0 bridgehead atoms. The van der Waals surface area contributed by atoms with Gasteiger partial charge in [0.25, 0.3) is 5.91 Å². The molecular weight excluding hydrogens is 320 g/mol. The summed E-state index contributed by atoms with van der Waals surface area (Å²) in [5, 5.41) is 13.5. The van der Waals surface area contributed by atoms with Crippen LogP contribution in [0, 0.1) is 0 Å². The fourth-order valence-corrected chi connectivity index (χ4v) is 2.07. The molecule has 0 fully saturated rings. The van der Waals surface area contributed by atoms with E-state index in [0.717, 1.165) is 0 Å². The Morgan fingerprint density at radius 2 is 1.88 bits per heavy atom. The summed E-state index contributed by atoms with van der Waals surface area (Å²) in [5.74, 6) is 1.29. The highest BCUT2D eigenvalue weighted by Crippen LogP contribution is 2.21. The van der Waals surface area contributed by atoms with Crippen LogP contribution in [0.2, 0.25) is 0 Å². The van der Waals surface area contributed by atoms with Crippen molar-refractivity contribution in [1.82, 2.24) is 5.43 Å². The minimum atomic E-state index is -0.397. The van der Waals surface area contributed by atoms with Gasteiger partial charge in [-0.3, -0.25) is 4.79 Å². The SMILES string of the molecule is COc1ccc(O)c(/C=N/NC(=O)COc2ccc(C(C)C)cc2)c1. The van der Waals surface area contributed by atoms with Crippen molar-refractivity contribution in [3.05, 3.63) is 53.6 Å². The molecule has 2 aromatic carbocycles. The number of aromatic hydroxyl groups is 1. The van der Waals surface area contributed by atoms with E-state index in [0.29, 0.717) is 23.0 Å². The fraction of sp³-hybridized carbons (Fsp3) is 0.263. The van der Waals surface area contributed by atoms with Gasteiger partial charge in [0.15, 0.2) is 6.61 Å². The Morgan fingerprint density at radius 3 is 2.52 bits per heavy atom. The summed E-state index contributed by atoms with van der Waals surface area (Å²) in [4.78, 5) is 11.8. The maximum absolute atomic E-state index is 11.8. The number of hydrazone groups is 1. The molecule has 0 unspecified atom stereocenters. The van der Waals surface area contributed by atoms with Crippen LogP contribution in [0.1, 0.15) is 30.9 Å². The number of nitrogens with zero attached hydrogens (tertiary/aromatic N) is 1. The van der Waals surface area contributed by atoms with Crippen molar-refractivity contribution in [3.8, 4) is 17.2 Å². The molecule has 0 aliphatic rings. The van der Waals surface area contributed by atoms with Crippen molar-refractivity contribution in [3.63, 3.8) is 0 Å². The predicted octanol–water partition coefficient (Wildman–Crippen LogP) is 3.05. The summed E-state index contributed by atoms with van der Waals surface area (Å²) in [6.07, 6.45) is 1.34. The lowest BCUT2D eigenvalue weighted by atomic mass is 10.0. The summed E-state index contributed by atoms with van der Waals surface area (Å²) < 4.78 is 10.5. The van der Waals surface area contributed by atoms with Crippen LogP contribution in [0.4, 0.5) is 0 Å². The standard InChI is InChI=1S/C19H22N2O4/c1-13(2)14-4-6-16(7-5-14)25-12-19(23)21-20-11-15-10-17(24-3)8-9-18(15)22/h4-11,13,22H,12H2,1-3H3,(H,21,23)/b20-11+. The number of benzene rings is 2. The normalized spacial score (nSPS) is 10.9. The van der Waals surface area contributed by atoms with Crippen molar-refractivity contribution < 1.29 is 19.4 Å². The van der Waals surface area contributed by atoms with Crippen LogP contribution in [0.15, 0.2) is 47.6 Å². The average Bonchev–Trinajstić information content (AvgIpc) is 2.62. The molecule has 6 nitrogen and oxygen atoms in total. The van der Waals surface area contributed by atoms with Gasteiger partial charge in [0.05, 0.1) is 13.3 Å². The summed E-state index contributed by atoms with van der Waals surface area (Å²) >= 11 is 0. The minimum Gasteiger partial charge on any atom is -0.507 e. The number of carbonyl (C=O) groups is 1. The Balaban J connectivity index is 1.84. The number of rotatable bonds is 7. The van der Waals surface area contributed by atoms with E-state index in [9.17, 15) is 9.90 Å². The van der Waals surface area contributed by atoms with Gasteiger partial charge in [-0.05, 0) is 41.8 Å². The third-order valence-electron chi connectivity index (χ3n) is 3.54. The van der Waals surface area contributed by atoms with Gasteiger partial charge < -0.3 is 14.6 Å². The van der Waals surface area contributed by atoms with Crippen LogP contribution in [0.3, 0.4) is 0 Å². The molecule has 132 valence electrons. The molecule has 0 saturated heterocycles. The van der Waals surface area contributed by atoms with E-state index >= 15 is 0 Å². The molecule has 0 aliphatic heterocycles. The lowest BCUT2D eigenvalue weighted by Crippen LogP contribution is -2.24. The van der Waals surface area contributed by atoms with Crippen molar-refractivity contribution in [1.29, 1.82) is 0 Å².